The Balaban J connectivity index is 0.000000810. The number of ether oxygens (including phenoxy) is 1. The molecule has 0 saturated heterocycles. The van der Waals surface area contributed by atoms with Crippen LogP contribution in [-0.2, 0) is 22.1 Å². The Labute approximate surface area is 72.1 Å². The van der Waals surface area contributed by atoms with E-state index in [1.807, 2.05) is 30.3 Å². The summed E-state index contributed by atoms with van der Waals surface area (Å²) >= 11 is 0. The largest absolute Gasteiger partial charge is 0.366 e. The summed E-state index contributed by atoms with van der Waals surface area (Å²) in [5, 5.41) is 0. The summed E-state index contributed by atoms with van der Waals surface area (Å²) in [6.07, 6.45) is 0. The topological polar surface area (TPSA) is 9.23 Å². The number of hydrogen-bond acceptors (Lipinski definition) is 1. The van der Waals surface area contributed by atoms with Gasteiger partial charge in [0.15, 0.2) is 6.61 Å². The van der Waals surface area contributed by atoms with Crippen LogP contribution in [0.1, 0.15) is 5.56 Å². The molecule has 0 spiro atoms. The van der Waals surface area contributed by atoms with E-state index in [-0.39, 0.29) is 17.4 Å². The first-order chi connectivity index (χ1) is 4.43. The van der Waals surface area contributed by atoms with Crippen LogP contribution in [0.3, 0.4) is 0 Å². The van der Waals surface area contributed by atoms with Crippen molar-refractivity contribution in [1.82, 2.24) is 0 Å². The molecule has 0 aliphatic rings. The van der Waals surface area contributed by atoms with E-state index >= 15 is 0 Å². The van der Waals surface area contributed by atoms with Crippen molar-refractivity contribution in [3.63, 3.8) is 0 Å². The van der Waals surface area contributed by atoms with Crippen molar-refractivity contribution in [3.05, 3.63) is 42.5 Å². The third-order valence-corrected chi connectivity index (χ3v) is 0.994. The van der Waals surface area contributed by atoms with Gasteiger partial charge < -0.3 is 4.74 Å². The van der Waals surface area contributed by atoms with Crippen LogP contribution in [0.4, 0.5) is 0 Å². The molecule has 0 unspecified atom stereocenters. The van der Waals surface area contributed by atoms with Crippen molar-refractivity contribution < 1.29 is 22.1 Å². The molecule has 0 N–H and O–H groups in total. The molecule has 1 aromatic rings. The van der Waals surface area contributed by atoms with Crippen molar-refractivity contribution in [2.75, 3.05) is 7.11 Å². The Bertz CT molecular complexity index is 162. The second-order valence-electron chi connectivity index (χ2n) is 1.67. The van der Waals surface area contributed by atoms with Gasteiger partial charge >= 0.3 is 0 Å². The average Bonchev–Trinajstić information content (AvgIpc) is 1.91. The Morgan fingerprint density at radius 1 is 1.20 bits per heavy atom. The average molecular weight is 172 g/mol. The molecule has 0 atom stereocenters. The summed E-state index contributed by atoms with van der Waals surface area (Å²) in [4.78, 5) is 0. The molecule has 0 amide bonds. The first-order valence-electron chi connectivity index (χ1n) is 2.77. The van der Waals surface area contributed by atoms with Crippen LogP contribution in [0.25, 0.3) is 0 Å². The van der Waals surface area contributed by atoms with Crippen LogP contribution in [0, 0.1) is 6.61 Å². The van der Waals surface area contributed by atoms with Crippen molar-refractivity contribution in [2.45, 2.75) is 0 Å². The molecule has 0 aliphatic carbocycles. The quantitative estimate of drug-likeness (QED) is 0.660. The van der Waals surface area contributed by atoms with Gasteiger partial charge in [0, 0.05) is 24.5 Å². The van der Waals surface area contributed by atoms with E-state index in [0.29, 0.717) is 0 Å². The van der Waals surface area contributed by atoms with Crippen molar-refractivity contribution in [3.8, 4) is 0 Å². The molecular formula is C8H8CrO. The van der Waals surface area contributed by atoms with Gasteiger partial charge in [0.2, 0.25) is 0 Å². The second kappa shape index (κ2) is 5.49. The minimum absolute atomic E-state index is 0. The molecule has 0 aromatic heterocycles. The van der Waals surface area contributed by atoms with E-state index in [1.54, 1.807) is 7.11 Å². The first kappa shape index (κ1) is 9.71. The monoisotopic (exact) mass is 172 g/mol. The van der Waals surface area contributed by atoms with Gasteiger partial charge in [-0.3, -0.25) is 0 Å². The normalized spacial score (nSPS) is 8.50. The van der Waals surface area contributed by atoms with Crippen molar-refractivity contribution in [2.24, 2.45) is 0 Å². The third kappa shape index (κ3) is 3.03. The molecule has 0 heterocycles. The number of rotatable bonds is 2. The summed E-state index contributed by atoms with van der Waals surface area (Å²) in [5.74, 6) is 0. The van der Waals surface area contributed by atoms with Crippen LogP contribution >= 0.6 is 0 Å². The Kier molecular flexibility index (Phi) is 5.34. The first-order valence-corrected chi connectivity index (χ1v) is 2.77. The fraction of sp³-hybridized carbons (Fsp3) is 0.125. The van der Waals surface area contributed by atoms with Gasteiger partial charge in [-0.15, -0.1) is 0 Å². The van der Waals surface area contributed by atoms with E-state index in [4.69, 9.17) is 0 Å². The molecule has 2 heteroatoms. The van der Waals surface area contributed by atoms with Gasteiger partial charge in [-0.1, -0.05) is 30.3 Å². The standard InChI is InChI=1S/C8H8O.Cr/c1-9-7-8-5-3-2-4-6-8;/h2-6H,1H3;. The summed E-state index contributed by atoms with van der Waals surface area (Å²) < 4.78 is 4.68. The van der Waals surface area contributed by atoms with Gasteiger partial charge in [-0.05, 0) is 5.56 Å². The van der Waals surface area contributed by atoms with Crippen LogP contribution in [-0.4, -0.2) is 7.11 Å². The Morgan fingerprint density at radius 3 is 2.30 bits per heavy atom. The van der Waals surface area contributed by atoms with Gasteiger partial charge in [0.1, 0.15) is 0 Å². The molecule has 1 aromatic carbocycles. The maximum atomic E-state index is 4.68. The Hall–Kier alpha value is -0.288. The van der Waals surface area contributed by atoms with Gasteiger partial charge in [-0.25, -0.2) is 0 Å². The molecule has 1 rings (SSSR count). The summed E-state index contributed by atoms with van der Waals surface area (Å²) in [5.41, 5.74) is 0.972. The maximum Gasteiger partial charge on any atom is 0.165 e. The smallest absolute Gasteiger partial charge is 0.165 e. The van der Waals surface area contributed by atoms with Crippen molar-refractivity contribution >= 4 is 0 Å². The zero-order chi connectivity index (χ0) is 6.53. The molecule has 0 aliphatic heterocycles. The molecule has 52 valence electrons. The predicted molar refractivity (Wildman–Crippen MR) is 35.8 cm³/mol. The number of methoxy groups -OCH3 is 1. The van der Waals surface area contributed by atoms with Crippen LogP contribution in [0.2, 0.25) is 0 Å². The molecule has 1 nitrogen and oxygen atoms in total. The Morgan fingerprint density at radius 2 is 1.80 bits per heavy atom. The summed E-state index contributed by atoms with van der Waals surface area (Å²) in [6, 6.07) is 9.72. The maximum absolute atomic E-state index is 4.68. The molecule has 0 saturated carbocycles. The minimum atomic E-state index is 0. The number of hydrogen-bond donors (Lipinski definition) is 0. The number of benzene rings is 1. The van der Waals surface area contributed by atoms with Crippen LogP contribution in [0.5, 0.6) is 0 Å². The van der Waals surface area contributed by atoms with Crippen LogP contribution in [0.15, 0.2) is 30.3 Å². The van der Waals surface area contributed by atoms with E-state index in [9.17, 15) is 0 Å². The SMILES string of the molecule is CO[C]c1ccccc1.[Cr]. The summed E-state index contributed by atoms with van der Waals surface area (Å²) in [6.45, 7) is 2.71. The van der Waals surface area contributed by atoms with E-state index in [1.165, 1.54) is 0 Å². The molecule has 2 radical (unpaired) electrons. The van der Waals surface area contributed by atoms with Gasteiger partial charge in [0.05, 0.1) is 0 Å². The third-order valence-electron chi connectivity index (χ3n) is 0.994. The van der Waals surface area contributed by atoms with Gasteiger partial charge in [-0.2, -0.15) is 0 Å². The van der Waals surface area contributed by atoms with Crippen molar-refractivity contribution in [1.29, 1.82) is 0 Å². The second-order valence-corrected chi connectivity index (χ2v) is 1.67. The van der Waals surface area contributed by atoms with Crippen LogP contribution < -0.4 is 0 Å². The zero-order valence-electron chi connectivity index (χ0n) is 5.70. The molecule has 0 bridgehead atoms. The molecular weight excluding hydrogens is 164 g/mol. The van der Waals surface area contributed by atoms with E-state index in [0.717, 1.165) is 5.56 Å². The fourth-order valence-electron chi connectivity index (χ4n) is 0.624. The van der Waals surface area contributed by atoms with E-state index in [2.05, 4.69) is 11.3 Å². The fourth-order valence-corrected chi connectivity index (χ4v) is 0.624. The molecule has 10 heavy (non-hydrogen) atoms. The predicted octanol–water partition coefficient (Wildman–Crippen LogP) is 1.72. The minimum Gasteiger partial charge on any atom is -0.366 e. The zero-order valence-corrected chi connectivity index (χ0v) is 6.98. The summed E-state index contributed by atoms with van der Waals surface area (Å²) in [7, 11) is 1.59. The molecule has 0 fully saturated rings. The van der Waals surface area contributed by atoms with E-state index < -0.39 is 0 Å². The van der Waals surface area contributed by atoms with Gasteiger partial charge in [0.25, 0.3) is 0 Å².